The summed E-state index contributed by atoms with van der Waals surface area (Å²) in [6, 6.07) is 0. The molecule has 0 fully saturated rings. The van der Waals surface area contributed by atoms with Crippen LogP contribution in [0, 0.1) is 11.8 Å². The smallest absolute Gasteiger partial charge is 0.405 e. The summed E-state index contributed by atoms with van der Waals surface area (Å²) in [6.07, 6.45) is 0.574. The van der Waals surface area contributed by atoms with Crippen molar-refractivity contribution in [3.8, 4) is 11.8 Å². The maximum absolute atomic E-state index is 10.3. The van der Waals surface area contributed by atoms with E-state index in [0.29, 0.717) is 0 Å². The summed E-state index contributed by atoms with van der Waals surface area (Å²) < 4.78 is 4.70. The average Bonchev–Trinajstić information content (AvgIpc) is 1.87. The van der Waals surface area contributed by atoms with Crippen LogP contribution in [0.15, 0.2) is 0 Å². The number of nitrogens with two attached hydrogens (primary N) is 1. The van der Waals surface area contributed by atoms with Crippen LogP contribution < -0.4 is 5.73 Å². The Balaban J connectivity index is 0. The summed E-state index contributed by atoms with van der Waals surface area (Å²) in [7, 11) is 0. The average molecular weight is 283 g/mol. The van der Waals surface area contributed by atoms with Gasteiger partial charge in [0.15, 0.2) is 6.10 Å². The number of hydrogen-bond donors (Lipinski definition) is 1. The van der Waals surface area contributed by atoms with Gasteiger partial charge in [-0.1, -0.05) is 19.3 Å². The van der Waals surface area contributed by atoms with Crippen LogP contribution in [0.4, 0.5) is 4.79 Å². The predicted octanol–water partition coefficient (Wildman–Crippen LogP) is 1.89. The first-order chi connectivity index (χ1) is 5.20. The second-order valence-electron chi connectivity index (χ2n) is 2.11. The summed E-state index contributed by atoms with van der Waals surface area (Å²) in [5.74, 6) is 5.42. The molecule has 1 atom stereocenters. The highest BCUT2D eigenvalue weighted by Gasteiger charge is 2.06. The van der Waals surface area contributed by atoms with Gasteiger partial charge in [-0.25, -0.2) is 4.79 Å². The Morgan fingerprint density at radius 1 is 1.67 bits per heavy atom. The minimum atomic E-state index is -0.758. The van der Waals surface area contributed by atoms with Crippen molar-refractivity contribution in [1.29, 1.82) is 0 Å². The largest absolute Gasteiger partial charge is 0.433 e. The number of rotatable bonds is 3. The van der Waals surface area contributed by atoms with Crippen molar-refractivity contribution in [2.24, 2.45) is 5.73 Å². The van der Waals surface area contributed by atoms with E-state index in [1.165, 1.54) is 0 Å². The van der Waals surface area contributed by atoms with E-state index in [2.05, 4.69) is 11.8 Å². The van der Waals surface area contributed by atoms with Crippen molar-refractivity contribution in [1.82, 2.24) is 0 Å². The van der Waals surface area contributed by atoms with Gasteiger partial charge in [-0.2, -0.15) is 0 Å². The molecule has 0 heterocycles. The van der Waals surface area contributed by atoms with Gasteiger partial charge in [0, 0.05) is 0 Å². The molecule has 0 aliphatic carbocycles. The minimum absolute atomic E-state index is 0. The molecule has 0 aliphatic rings. The molecular formula is C8H14INO2. The highest BCUT2D eigenvalue weighted by molar-refractivity contribution is 14.0. The molecule has 0 radical (unpaired) electrons. The van der Waals surface area contributed by atoms with Crippen molar-refractivity contribution in [2.75, 3.05) is 0 Å². The number of ether oxygens (including phenoxy) is 1. The first kappa shape index (κ1) is 14.1. The molecule has 4 heteroatoms. The van der Waals surface area contributed by atoms with E-state index in [0.717, 1.165) is 12.8 Å². The summed E-state index contributed by atoms with van der Waals surface area (Å²) in [5, 5.41) is 0. The molecule has 2 N–H and O–H groups in total. The van der Waals surface area contributed by atoms with Crippen LogP contribution in [0.1, 0.15) is 26.7 Å². The first-order valence-corrected chi connectivity index (χ1v) is 3.59. The Morgan fingerprint density at radius 2 is 2.25 bits per heavy atom. The number of primary amides is 1. The van der Waals surface area contributed by atoms with Crippen molar-refractivity contribution in [2.45, 2.75) is 32.8 Å². The Morgan fingerprint density at radius 3 is 2.58 bits per heavy atom. The molecule has 12 heavy (non-hydrogen) atoms. The lowest BCUT2D eigenvalue weighted by molar-refractivity contribution is 0.129. The van der Waals surface area contributed by atoms with Gasteiger partial charge in [0.05, 0.1) is 0 Å². The third kappa shape index (κ3) is 7.66. The molecule has 3 nitrogen and oxygen atoms in total. The lowest BCUT2D eigenvalue weighted by Crippen LogP contribution is -2.21. The van der Waals surface area contributed by atoms with Crippen molar-refractivity contribution < 1.29 is 9.53 Å². The quantitative estimate of drug-likeness (QED) is 0.635. The summed E-state index contributed by atoms with van der Waals surface area (Å²) in [4.78, 5) is 10.3. The van der Waals surface area contributed by atoms with Crippen LogP contribution in [0.25, 0.3) is 0 Å². The summed E-state index contributed by atoms with van der Waals surface area (Å²) in [6.45, 7) is 3.70. The molecule has 0 aromatic heterocycles. The maximum Gasteiger partial charge on any atom is 0.405 e. The molecule has 0 bridgehead atoms. The lowest BCUT2D eigenvalue weighted by Gasteiger charge is -2.07. The van der Waals surface area contributed by atoms with Crippen LogP contribution in [0.2, 0.25) is 0 Å². The normalized spacial score (nSPS) is 10.2. The molecule has 0 saturated heterocycles. The van der Waals surface area contributed by atoms with E-state index >= 15 is 0 Å². The Labute approximate surface area is 90.1 Å². The second-order valence-corrected chi connectivity index (χ2v) is 2.11. The molecule has 70 valence electrons. The molecule has 0 aromatic carbocycles. The van der Waals surface area contributed by atoms with Gasteiger partial charge in [-0.05, 0) is 13.3 Å². The fourth-order valence-corrected chi connectivity index (χ4v) is 0.724. The van der Waals surface area contributed by atoms with Crippen molar-refractivity contribution in [3.63, 3.8) is 0 Å². The fourth-order valence-electron chi connectivity index (χ4n) is 0.724. The van der Waals surface area contributed by atoms with Gasteiger partial charge >= 0.3 is 6.09 Å². The third-order valence-electron chi connectivity index (χ3n) is 1.11. The van der Waals surface area contributed by atoms with Gasteiger partial charge in [0.2, 0.25) is 0 Å². The third-order valence-corrected chi connectivity index (χ3v) is 1.11. The van der Waals surface area contributed by atoms with E-state index in [-0.39, 0.29) is 30.1 Å². The van der Waals surface area contributed by atoms with E-state index in [9.17, 15) is 4.79 Å². The number of carbonyl (C=O) groups is 1. The number of carbonyl (C=O) groups excluding carboxylic acids is 1. The van der Waals surface area contributed by atoms with Gasteiger partial charge in [-0.15, -0.1) is 29.9 Å². The van der Waals surface area contributed by atoms with Crippen LogP contribution in [0.5, 0.6) is 0 Å². The van der Waals surface area contributed by atoms with Crippen LogP contribution in [-0.2, 0) is 4.74 Å². The van der Waals surface area contributed by atoms with Crippen molar-refractivity contribution in [3.05, 3.63) is 0 Å². The molecule has 1 unspecified atom stereocenters. The first-order valence-electron chi connectivity index (χ1n) is 3.59. The predicted molar refractivity (Wildman–Crippen MR) is 58.2 cm³/mol. The number of halogens is 1. The van der Waals surface area contributed by atoms with Gasteiger partial charge in [-0.3, -0.25) is 0 Å². The van der Waals surface area contributed by atoms with Gasteiger partial charge < -0.3 is 10.5 Å². The van der Waals surface area contributed by atoms with E-state index in [4.69, 9.17) is 10.5 Å². The Bertz CT molecular complexity index is 183. The van der Waals surface area contributed by atoms with E-state index in [1.54, 1.807) is 6.92 Å². The molecule has 0 saturated carbocycles. The maximum atomic E-state index is 10.3. The minimum Gasteiger partial charge on any atom is -0.433 e. The van der Waals surface area contributed by atoms with E-state index < -0.39 is 6.09 Å². The zero-order valence-electron chi connectivity index (χ0n) is 7.29. The zero-order chi connectivity index (χ0) is 8.69. The van der Waals surface area contributed by atoms with Crippen molar-refractivity contribution >= 4 is 30.1 Å². The monoisotopic (exact) mass is 283 g/mol. The summed E-state index contributed by atoms with van der Waals surface area (Å²) in [5.41, 5.74) is 4.82. The lowest BCUT2D eigenvalue weighted by atomic mass is 10.2. The molecule has 0 aromatic rings. The number of amides is 1. The fraction of sp³-hybridized carbons (Fsp3) is 0.625. The van der Waals surface area contributed by atoms with Crippen LogP contribution in [-0.4, -0.2) is 12.2 Å². The molecule has 0 spiro atoms. The molecular weight excluding hydrogens is 269 g/mol. The number of hydrogen-bond acceptors (Lipinski definition) is 2. The Hall–Kier alpha value is -0.440. The second kappa shape index (κ2) is 8.65. The highest BCUT2D eigenvalue weighted by atomic mass is 127. The van der Waals surface area contributed by atoms with Gasteiger partial charge in [0.25, 0.3) is 0 Å². The SMILES string of the molecule is CC#CC(CCC)OC(N)=O.I. The van der Waals surface area contributed by atoms with E-state index in [1.807, 2.05) is 6.92 Å². The molecule has 0 aliphatic heterocycles. The Kier molecular flexibility index (Phi) is 10.2. The molecule has 0 rings (SSSR count). The highest BCUT2D eigenvalue weighted by Crippen LogP contribution is 1.99. The topological polar surface area (TPSA) is 52.3 Å². The zero-order valence-corrected chi connectivity index (χ0v) is 9.62. The van der Waals surface area contributed by atoms with Crippen LogP contribution >= 0.6 is 24.0 Å². The molecule has 1 amide bonds. The summed E-state index contributed by atoms with van der Waals surface area (Å²) >= 11 is 0. The van der Waals surface area contributed by atoms with Gasteiger partial charge in [0.1, 0.15) is 0 Å². The van der Waals surface area contributed by atoms with Crippen LogP contribution in [0.3, 0.4) is 0 Å². The standard InChI is InChI=1S/C8H13NO2.HI/c1-3-5-7(6-4-2)11-8(9)10;/h7H,3,5H2,1-2H3,(H2,9,10);1H.